The number of pyridine rings is 1. The molecule has 1 aliphatic carbocycles. The summed E-state index contributed by atoms with van der Waals surface area (Å²) in [4.78, 5) is 4.03. The van der Waals surface area contributed by atoms with E-state index in [-0.39, 0.29) is 24.1 Å². The maximum atomic E-state index is 12.5. The second-order valence-corrected chi connectivity index (χ2v) is 6.05. The Morgan fingerprint density at radius 2 is 2.28 bits per heavy atom. The van der Waals surface area contributed by atoms with E-state index in [4.69, 9.17) is 5.11 Å². The van der Waals surface area contributed by atoms with Crippen molar-refractivity contribution in [1.82, 2.24) is 9.29 Å². The third-order valence-electron chi connectivity index (χ3n) is 2.92. The summed E-state index contributed by atoms with van der Waals surface area (Å²) in [5, 5.41) is 11.9. The number of hydrogen-bond donors (Lipinski definition) is 2. The molecule has 1 aliphatic rings. The maximum Gasteiger partial charge on any atom is 0.246 e. The molecule has 0 aliphatic heterocycles. The van der Waals surface area contributed by atoms with E-state index in [9.17, 15) is 8.42 Å². The minimum absolute atomic E-state index is 0.0204. The van der Waals surface area contributed by atoms with Crippen LogP contribution in [0.2, 0.25) is 0 Å². The van der Waals surface area contributed by atoms with E-state index >= 15 is 0 Å². The molecule has 0 radical (unpaired) electrons. The molecule has 18 heavy (non-hydrogen) atoms. The number of nitrogens with one attached hydrogen (secondary N) is 1. The monoisotopic (exact) mass is 271 g/mol. The average molecular weight is 271 g/mol. The Balaban J connectivity index is 2.39. The zero-order valence-electron chi connectivity index (χ0n) is 10.2. The van der Waals surface area contributed by atoms with Gasteiger partial charge in [-0.3, -0.25) is 4.98 Å². The minimum Gasteiger partial charge on any atom is -0.395 e. The summed E-state index contributed by atoms with van der Waals surface area (Å²) < 4.78 is 26.4. The van der Waals surface area contributed by atoms with Crippen molar-refractivity contribution in [3.63, 3.8) is 0 Å². The summed E-state index contributed by atoms with van der Waals surface area (Å²) in [6, 6.07) is 1.64. The highest BCUT2D eigenvalue weighted by Gasteiger charge is 2.38. The van der Waals surface area contributed by atoms with Crippen LogP contribution in [0.4, 0.5) is 5.69 Å². The van der Waals surface area contributed by atoms with Gasteiger partial charge in [0.2, 0.25) is 10.0 Å². The molecule has 6 nitrogen and oxygen atoms in total. The van der Waals surface area contributed by atoms with Crippen LogP contribution in [0.1, 0.15) is 12.8 Å². The Hall–Kier alpha value is -1.18. The molecule has 2 rings (SSSR count). The highest BCUT2D eigenvalue weighted by atomic mass is 32.2. The molecule has 0 atom stereocenters. The molecule has 1 aromatic heterocycles. The van der Waals surface area contributed by atoms with Crippen LogP contribution in [0, 0.1) is 0 Å². The lowest BCUT2D eigenvalue weighted by molar-refractivity contribution is 0.250. The Bertz CT molecular complexity index is 514. The van der Waals surface area contributed by atoms with Crippen LogP contribution in [0.5, 0.6) is 0 Å². The zero-order valence-corrected chi connectivity index (χ0v) is 11.0. The minimum atomic E-state index is -3.59. The number of anilines is 1. The predicted octanol–water partition coefficient (Wildman–Crippen LogP) is 0.269. The normalized spacial score (nSPS) is 15.9. The number of aliphatic hydroxyl groups is 1. The lowest BCUT2D eigenvalue weighted by Gasteiger charge is -2.22. The topological polar surface area (TPSA) is 82.5 Å². The van der Waals surface area contributed by atoms with Crippen LogP contribution in [-0.2, 0) is 10.0 Å². The number of aromatic nitrogens is 1. The Kier molecular flexibility index (Phi) is 3.84. The fourth-order valence-electron chi connectivity index (χ4n) is 1.88. The van der Waals surface area contributed by atoms with E-state index in [0.717, 1.165) is 12.8 Å². The third-order valence-corrected chi connectivity index (χ3v) is 4.89. The smallest absolute Gasteiger partial charge is 0.246 e. The number of hydrogen-bond acceptors (Lipinski definition) is 5. The van der Waals surface area contributed by atoms with E-state index in [1.54, 1.807) is 19.3 Å². The molecule has 0 unspecified atom stereocenters. The van der Waals surface area contributed by atoms with Crippen molar-refractivity contribution in [2.24, 2.45) is 0 Å². The van der Waals surface area contributed by atoms with Gasteiger partial charge in [0.05, 0.1) is 12.3 Å². The van der Waals surface area contributed by atoms with Crippen molar-refractivity contribution < 1.29 is 13.5 Å². The zero-order chi connectivity index (χ0) is 13.2. The highest BCUT2D eigenvalue weighted by molar-refractivity contribution is 7.89. The predicted molar refractivity (Wildman–Crippen MR) is 67.8 cm³/mol. The summed E-state index contributed by atoms with van der Waals surface area (Å²) in [6.45, 7) is -0.0457. The van der Waals surface area contributed by atoms with Crippen molar-refractivity contribution in [3.8, 4) is 0 Å². The van der Waals surface area contributed by atoms with E-state index < -0.39 is 10.0 Å². The molecule has 0 aromatic carbocycles. The van der Waals surface area contributed by atoms with Crippen LogP contribution in [0.15, 0.2) is 23.4 Å². The summed E-state index contributed by atoms with van der Waals surface area (Å²) in [7, 11) is -1.93. The second kappa shape index (κ2) is 5.21. The van der Waals surface area contributed by atoms with Crippen LogP contribution in [0.25, 0.3) is 0 Å². The van der Waals surface area contributed by atoms with Crippen molar-refractivity contribution in [1.29, 1.82) is 0 Å². The Morgan fingerprint density at radius 1 is 1.56 bits per heavy atom. The van der Waals surface area contributed by atoms with Gasteiger partial charge in [0.25, 0.3) is 0 Å². The molecule has 1 saturated carbocycles. The molecule has 7 heteroatoms. The van der Waals surface area contributed by atoms with Gasteiger partial charge in [0.15, 0.2) is 0 Å². The highest BCUT2D eigenvalue weighted by Crippen LogP contribution is 2.33. The first kappa shape index (κ1) is 13.3. The quantitative estimate of drug-likeness (QED) is 0.776. The van der Waals surface area contributed by atoms with E-state index in [2.05, 4.69) is 10.3 Å². The van der Waals surface area contributed by atoms with Gasteiger partial charge in [-0.2, -0.15) is 4.31 Å². The van der Waals surface area contributed by atoms with Gasteiger partial charge in [-0.25, -0.2) is 8.42 Å². The first-order chi connectivity index (χ1) is 8.61. The van der Waals surface area contributed by atoms with Gasteiger partial charge in [-0.15, -0.1) is 0 Å². The third kappa shape index (κ3) is 2.47. The van der Waals surface area contributed by atoms with Gasteiger partial charge in [-0.1, -0.05) is 0 Å². The van der Waals surface area contributed by atoms with Crippen molar-refractivity contribution >= 4 is 15.7 Å². The molecular weight excluding hydrogens is 254 g/mol. The van der Waals surface area contributed by atoms with Gasteiger partial charge < -0.3 is 10.4 Å². The van der Waals surface area contributed by atoms with Crippen molar-refractivity contribution in [3.05, 3.63) is 18.5 Å². The summed E-state index contributed by atoms with van der Waals surface area (Å²) >= 11 is 0. The Labute approximate surface area is 107 Å². The van der Waals surface area contributed by atoms with Crippen LogP contribution in [0.3, 0.4) is 0 Å². The van der Waals surface area contributed by atoms with Crippen LogP contribution < -0.4 is 5.32 Å². The summed E-state index contributed by atoms with van der Waals surface area (Å²) in [6.07, 6.45) is 4.59. The van der Waals surface area contributed by atoms with Gasteiger partial charge in [0, 0.05) is 32.0 Å². The second-order valence-electron chi connectivity index (χ2n) is 4.19. The molecule has 1 heterocycles. The van der Waals surface area contributed by atoms with Gasteiger partial charge >= 0.3 is 0 Å². The first-order valence-electron chi connectivity index (χ1n) is 5.85. The van der Waals surface area contributed by atoms with Crippen LogP contribution >= 0.6 is 0 Å². The molecule has 0 spiro atoms. The van der Waals surface area contributed by atoms with Gasteiger partial charge in [0.1, 0.15) is 4.90 Å². The lowest BCUT2D eigenvalue weighted by atomic mass is 10.4. The average Bonchev–Trinajstić information content (AvgIpc) is 3.19. The number of sulfonamides is 1. The van der Waals surface area contributed by atoms with Crippen molar-refractivity contribution in [2.45, 2.75) is 23.8 Å². The Morgan fingerprint density at radius 3 is 2.83 bits per heavy atom. The number of rotatable bonds is 6. The molecule has 0 bridgehead atoms. The first-order valence-corrected chi connectivity index (χ1v) is 7.29. The van der Waals surface area contributed by atoms with Gasteiger partial charge in [-0.05, 0) is 18.9 Å². The van der Waals surface area contributed by atoms with E-state index in [0.29, 0.717) is 5.69 Å². The molecule has 100 valence electrons. The SMILES string of the molecule is CNc1ccncc1S(=O)(=O)N(CCO)C1CC1. The number of nitrogens with zero attached hydrogens (tertiary/aromatic N) is 2. The van der Waals surface area contributed by atoms with E-state index in [1.807, 2.05) is 0 Å². The molecule has 2 N–H and O–H groups in total. The molecule has 0 saturated heterocycles. The summed E-state index contributed by atoms with van der Waals surface area (Å²) in [5.74, 6) is 0. The summed E-state index contributed by atoms with van der Waals surface area (Å²) in [5.41, 5.74) is 0.522. The molecule has 1 aromatic rings. The van der Waals surface area contributed by atoms with Crippen molar-refractivity contribution in [2.75, 3.05) is 25.5 Å². The maximum absolute atomic E-state index is 12.5. The molecule has 0 amide bonds. The van der Waals surface area contributed by atoms with E-state index in [1.165, 1.54) is 10.5 Å². The number of aliphatic hydroxyl groups excluding tert-OH is 1. The standard InChI is InChI=1S/C11H17N3O3S/c1-12-10-4-5-13-8-11(10)18(16,17)14(6-7-15)9-2-3-9/h4-5,8-9,15H,2-3,6-7H2,1H3,(H,12,13). The fraction of sp³-hybridized carbons (Fsp3) is 0.545. The molecular formula is C11H17N3O3S. The lowest BCUT2D eigenvalue weighted by Crippen LogP contribution is -2.35. The molecule has 1 fully saturated rings. The largest absolute Gasteiger partial charge is 0.395 e. The fourth-order valence-corrected chi connectivity index (χ4v) is 3.70. The van der Waals surface area contributed by atoms with Crippen LogP contribution in [-0.4, -0.2) is 49.1 Å².